The summed E-state index contributed by atoms with van der Waals surface area (Å²) in [6, 6.07) is 13.5. The Labute approximate surface area is 139 Å². The summed E-state index contributed by atoms with van der Waals surface area (Å²) in [4.78, 5) is 8.55. The van der Waals surface area contributed by atoms with Gasteiger partial charge in [-0.05, 0) is 30.8 Å². The minimum absolute atomic E-state index is 0.345. The zero-order chi connectivity index (χ0) is 16.1. The summed E-state index contributed by atoms with van der Waals surface area (Å²) < 4.78 is 5.21. The zero-order valence-corrected chi connectivity index (χ0v) is 13.3. The van der Waals surface area contributed by atoms with E-state index in [1.807, 2.05) is 49.4 Å². The third-order valence-corrected chi connectivity index (χ3v) is 3.30. The Bertz CT molecular complexity index is 786. The first-order valence-electron chi connectivity index (χ1n) is 7.06. The highest BCUT2D eigenvalue weighted by atomic mass is 32.1. The van der Waals surface area contributed by atoms with Gasteiger partial charge in [-0.15, -0.1) is 0 Å². The van der Waals surface area contributed by atoms with Gasteiger partial charge < -0.3 is 15.2 Å². The fourth-order valence-electron chi connectivity index (χ4n) is 1.89. The van der Waals surface area contributed by atoms with Crippen LogP contribution in [0.2, 0.25) is 0 Å². The number of rotatable bonds is 4. The van der Waals surface area contributed by atoms with Gasteiger partial charge in [-0.3, -0.25) is 0 Å². The van der Waals surface area contributed by atoms with Crippen molar-refractivity contribution in [3.05, 3.63) is 60.1 Å². The van der Waals surface area contributed by atoms with Crippen molar-refractivity contribution in [2.75, 3.05) is 5.32 Å². The average molecular weight is 325 g/mol. The van der Waals surface area contributed by atoms with Crippen molar-refractivity contribution in [3.8, 4) is 11.4 Å². The van der Waals surface area contributed by atoms with Crippen molar-refractivity contribution in [2.24, 2.45) is 0 Å². The van der Waals surface area contributed by atoms with Crippen LogP contribution in [-0.4, -0.2) is 20.2 Å². The second-order valence-electron chi connectivity index (χ2n) is 4.91. The third kappa shape index (κ3) is 4.10. The number of thiocarbonyl (C=S) groups is 1. The third-order valence-electron chi connectivity index (χ3n) is 3.05. The second-order valence-corrected chi connectivity index (χ2v) is 5.31. The fourth-order valence-corrected chi connectivity index (χ4v) is 2.07. The summed E-state index contributed by atoms with van der Waals surface area (Å²) in [7, 11) is 0. The molecule has 3 aromatic rings. The lowest BCUT2D eigenvalue weighted by molar-refractivity contribution is 0.376. The lowest BCUT2D eigenvalue weighted by atomic mass is 10.2. The van der Waals surface area contributed by atoms with E-state index in [1.165, 1.54) is 0 Å². The van der Waals surface area contributed by atoms with Crippen molar-refractivity contribution in [2.45, 2.75) is 13.5 Å². The maximum Gasteiger partial charge on any atom is 0.246 e. The van der Waals surface area contributed by atoms with E-state index in [-0.39, 0.29) is 0 Å². The van der Waals surface area contributed by atoms with Gasteiger partial charge in [0.05, 0.1) is 6.54 Å². The molecule has 23 heavy (non-hydrogen) atoms. The summed E-state index contributed by atoms with van der Waals surface area (Å²) >= 11 is 5.22. The number of aryl methyl sites for hydroxylation is 1. The molecular formula is C16H15N5OS. The molecule has 0 bridgehead atoms. The molecule has 0 aliphatic carbocycles. The Kier molecular flexibility index (Phi) is 4.58. The van der Waals surface area contributed by atoms with Crippen molar-refractivity contribution in [1.29, 1.82) is 0 Å². The highest BCUT2D eigenvalue weighted by Gasteiger charge is 2.08. The number of pyridine rings is 1. The van der Waals surface area contributed by atoms with Gasteiger partial charge in [0.15, 0.2) is 5.11 Å². The first-order chi connectivity index (χ1) is 11.2. The predicted octanol–water partition coefficient (Wildman–Crippen LogP) is 2.93. The zero-order valence-electron chi connectivity index (χ0n) is 12.5. The van der Waals surface area contributed by atoms with Crippen molar-refractivity contribution < 1.29 is 4.52 Å². The highest BCUT2D eigenvalue weighted by molar-refractivity contribution is 7.80. The first kappa shape index (κ1) is 15.1. The van der Waals surface area contributed by atoms with Gasteiger partial charge in [0.1, 0.15) is 5.82 Å². The van der Waals surface area contributed by atoms with Gasteiger partial charge in [0.25, 0.3) is 0 Å². The summed E-state index contributed by atoms with van der Waals surface area (Å²) in [5, 5.41) is 10.4. The number of hydrogen-bond donors (Lipinski definition) is 2. The quantitative estimate of drug-likeness (QED) is 0.714. The van der Waals surface area contributed by atoms with Gasteiger partial charge in [0, 0.05) is 11.8 Å². The minimum atomic E-state index is 0.345. The molecule has 2 heterocycles. The predicted molar refractivity (Wildman–Crippen MR) is 91.8 cm³/mol. The fraction of sp³-hybridized carbons (Fsp3) is 0.125. The largest absolute Gasteiger partial charge is 0.353 e. The molecule has 0 spiro atoms. The minimum Gasteiger partial charge on any atom is -0.353 e. The number of nitrogens with zero attached hydrogens (tertiary/aromatic N) is 3. The molecule has 0 saturated heterocycles. The van der Waals surface area contributed by atoms with Crippen LogP contribution in [0.25, 0.3) is 11.4 Å². The second kappa shape index (κ2) is 6.97. The topological polar surface area (TPSA) is 75.9 Å². The van der Waals surface area contributed by atoms with Gasteiger partial charge >= 0.3 is 0 Å². The normalized spacial score (nSPS) is 10.3. The molecule has 0 aliphatic heterocycles. The molecule has 0 radical (unpaired) electrons. The molecule has 3 rings (SSSR count). The van der Waals surface area contributed by atoms with E-state index in [0.717, 1.165) is 11.1 Å². The Balaban J connectivity index is 1.55. The van der Waals surface area contributed by atoms with Crippen LogP contribution in [0.3, 0.4) is 0 Å². The molecule has 116 valence electrons. The Morgan fingerprint density at radius 2 is 2.00 bits per heavy atom. The van der Waals surface area contributed by atoms with Crippen molar-refractivity contribution >= 4 is 23.1 Å². The smallest absolute Gasteiger partial charge is 0.246 e. The van der Waals surface area contributed by atoms with Crippen molar-refractivity contribution in [1.82, 2.24) is 20.4 Å². The van der Waals surface area contributed by atoms with E-state index >= 15 is 0 Å². The van der Waals surface area contributed by atoms with Gasteiger partial charge in [-0.25, -0.2) is 4.98 Å². The van der Waals surface area contributed by atoms with Crippen molar-refractivity contribution in [3.63, 3.8) is 0 Å². The number of nitrogens with one attached hydrogen (secondary N) is 2. The SMILES string of the molecule is Cc1ccc(NC(=S)NCc2nc(-c3ccccc3)no2)nc1. The van der Waals surface area contributed by atoms with Crippen LogP contribution in [0.15, 0.2) is 53.2 Å². The van der Waals surface area contributed by atoms with Crippen LogP contribution in [-0.2, 0) is 6.54 Å². The number of aromatic nitrogens is 3. The van der Waals surface area contributed by atoms with Crippen LogP contribution in [0.4, 0.5) is 5.82 Å². The summed E-state index contributed by atoms with van der Waals surface area (Å²) in [5.41, 5.74) is 2.00. The maximum absolute atomic E-state index is 5.22. The van der Waals surface area contributed by atoms with Gasteiger partial charge in [0.2, 0.25) is 11.7 Å². The number of benzene rings is 1. The van der Waals surface area contributed by atoms with Crippen LogP contribution in [0, 0.1) is 6.92 Å². The molecule has 0 amide bonds. The molecule has 0 aliphatic rings. The summed E-state index contributed by atoms with van der Waals surface area (Å²) in [6.07, 6.45) is 1.77. The molecule has 0 saturated carbocycles. The molecule has 0 fully saturated rings. The molecule has 0 atom stereocenters. The molecular weight excluding hydrogens is 310 g/mol. The van der Waals surface area contributed by atoms with E-state index in [1.54, 1.807) is 6.20 Å². The van der Waals surface area contributed by atoms with Crippen LogP contribution in [0.5, 0.6) is 0 Å². The van der Waals surface area contributed by atoms with Crippen LogP contribution < -0.4 is 10.6 Å². The maximum atomic E-state index is 5.22. The van der Waals surface area contributed by atoms with E-state index in [9.17, 15) is 0 Å². The Hall–Kier alpha value is -2.80. The lowest BCUT2D eigenvalue weighted by Crippen LogP contribution is -2.28. The number of anilines is 1. The van der Waals surface area contributed by atoms with Gasteiger partial charge in [-0.2, -0.15) is 4.98 Å². The molecule has 2 aromatic heterocycles. The van der Waals surface area contributed by atoms with Gasteiger partial charge in [-0.1, -0.05) is 41.6 Å². The molecule has 1 aromatic carbocycles. The number of hydrogen-bond acceptors (Lipinski definition) is 5. The van der Waals surface area contributed by atoms with Crippen LogP contribution >= 0.6 is 12.2 Å². The molecule has 7 heteroatoms. The molecule has 2 N–H and O–H groups in total. The van der Waals surface area contributed by atoms with Crippen LogP contribution in [0.1, 0.15) is 11.5 Å². The Morgan fingerprint density at radius 1 is 1.17 bits per heavy atom. The summed E-state index contributed by atoms with van der Waals surface area (Å²) in [6.45, 7) is 2.32. The lowest BCUT2D eigenvalue weighted by Gasteiger charge is -2.07. The Morgan fingerprint density at radius 3 is 2.74 bits per heavy atom. The first-order valence-corrected chi connectivity index (χ1v) is 7.47. The molecule has 6 nitrogen and oxygen atoms in total. The van der Waals surface area contributed by atoms with E-state index < -0.39 is 0 Å². The average Bonchev–Trinajstić information content (AvgIpc) is 3.05. The van der Waals surface area contributed by atoms with E-state index in [0.29, 0.717) is 29.2 Å². The summed E-state index contributed by atoms with van der Waals surface area (Å²) in [5.74, 6) is 1.70. The monoisotopic (exact) mass is 325 g/mol. The highest BCUT2D eigenvalue weighted by Crippen LogP contribution is 2.14. The van der Waals surface area contributed by atoms with E-state index in [2.05, 4.69) is 25.8 Å². The molecule has 0 unspecified atom stereocenters. The standard InChI is InChI=1S/C16H15N5OS/c1-11-7-8-13(17-9-11)19-16(23)18-10-14-20-15(21-22-14)12-5-3-2-4-6-12/h2-9H,10H2,1H3,(H2,17,18,19,23). The van der Waals surface area contributed by atoms with E-state index in [4.69, 9.17) is 16.7 Å².